The number of aryl methyl sites for hydroxylation is 1. The lowest BCUT2D eigenvalue weighted by atomic mass is 10.0. The Labute approximate surface area is 127 Å². The van der Waals surface area contributed by atoms with E-state index in [2.05, 4.69) is 44.1 Å². The molecule has 3 nitrogen and oxygen atoms in total. The van der Waals surface area contributed by atoms with E-state index in [0.717, 1.165) is 18.5 Å². The monoisotopic (exact) mass is 286 g/mol. The Bertz CT molecular complexity index is 558. The molecule has 3 heteroatoms. The van der Waals surface area contributed by atoms with Crippen molar-refractivity contribution in [3.05, 3.63) is 53.3 Å². The molecular formula is C18H26N2O. The molecule has 2 aromatic rings. The molecule has 0 radical (unpaired) electrons. The summed E-state index contributed by atoms with van der Waals surface area (Å²) in [6.07, 6.45) is 5.12. The third kappa shape index (κ3) is 4.43. The number of rotatable bonds is 7. The van der Waals surface area contributed by atoms with Crippen LogP contribution in [0.1, 0.15) is 49.6 Å². The van der Waals surface area contributed by atoms with E-state index in [1.54, 1.807) is 0 Å². The highest BCUT2D eigenvalue weighted by molar-refractivity contribution is 5.23. The SMILES string of the molecule is CCC(CC)n1ccc(CC(O)Cc2cccc(C)c2)n1. The molecule has 1 N–H and O–H groups in total. The summed E-state index contributed by atoms with van der Waals surface area (Å²) in [5.41, 5.74) is 3.39. The molecule has 1 atom stereocenters. The Balaban J connectivity index is 1.95. The number of aromatic nitrogens is 2. The number of hydrogen-bond donors (Lipinski definition) is 1. The van der Waals surface area contributed by atoms with Crippen LogP contribution in [0.4, 0.5) is 0 Å². The maximum absolute atomic E-state index is 10.3. The van der Waals surface area contributed by atoms with Crippen LogP contribution < -0.4 is 0 Å². The summed E-state index contributed by atoms with van der Waals surface area (Å²) in [6.45, 7) is 6.44. The molecule has 0 saturated heterocycles. The van der Waals surface area contributed by atoms with Gasteiger partial charge < -0.3 is 5.11 Å². The Hall–Kier alpha value is -1.61. The first-order valence-corrected chi connectivity index (χ1v) is 7.90. The number of nitrogens with zero attached hydrogens (tertiary/aromatic N) is 2. The zero-order valence-electron chi connectivity index (χ0n) is 13.3. The van der Waals surface area contributed by atoms with Crippen molar-refractivity contribution >= 4 is 0 Å². The summed E-state index contributed by atoms with van der Waals surface area (Å²) in [5.74, 6) is 0. The van der Waals surface area contributed by atoms with E-state index < -0.39 is 0 Å². The van der Waals surface area contributed by atoms with Crippen molar-refractivity contribution < 1.29 is 5.11 Å². The summed E-state index contributed by atoms with van der Waals surface area (Å²) in [6, 6.07) is 10.8. The van der Waals surface area contributed by atoms with Gasteiger partial charge >= 0.3 is 0 Å². The van der Waals surface area contributed by atoms with Crippen molar-refractivity contribution in [2.75, 3.05) is 0 Å². The Morgan fingerprint density at radius 3 is 2.57 bits per heavy atom. The Morgan fingerprint density at radius 2 is 1.90 bits per heavy atom. The maximum atomic E-state index is 10.3. The Kier molecular flexibility index (Phi) is 5.57. The molecule has 0 aliphatic rings. The average Bonchev–Trinajstić information content (AvgIpc) is 2.88. The van der Waals surface area contributed by atoms with E-state index in [9.17, 15) is 5.11 Å². The van der Waals surface area contributed by atoms with Gasteiger partial charge in [0.15, 0.2) is 0 Å². The van der Waals surface area contributed by atoms with Gasteiger partial charge in [0.25, 0.3) is 0 Å². The van der Waals surface area contributed by atoms with Gasteiger partial charge in [0.05, 0.1) is 17.8 Å². The lowest BCUT2D eigenvalue weighted by Gasteiger charge is -2.13. The van der Waals surface area contributed by atoms with Gasteiger partial charge in [-0.1, -0.05) is 43.7 Å². The molecule has 0 fully saturated rings. The highest BCUT2D eigenvalue weighted by atomic mass is 16.3. The first-order valence-electron chi connectivity index (χ1n) is 7.90. The molecule has 21 heavy (non-hydrogen) atoms. The number of benzene rings is 1. The van der Waals surface area contributed by atoms with Crippen LogP contribution in [0, 0.1) is 6.92 Å². The van der Waals surface area contributed by atoms with E-state index in [0.29, 0.717) is 18.9 Å². The van der Waals surface area contributed by atoms with E-state index in [1.165, 1.54) is 11.1 Å². The van der Waals surface area contributed by atoms with Gasteiger partial charge in [0, 0.05) is 12.6 Å². The number of hydrogen-bond acceptors (Lipinski definition) is 2. The predicted octanol–water partition coefficient (Wildman–Crippen LogP) is 3.70. The lowest BCUT2D eigenvalue weighted by molar-refractivity contribution is 0.173. The summed E-state index contributed by atoms with van der Waals surface area (Å²) in [5, 5.41) is 14.9. The molecule has 1 aromatic heterocycles. The topological polar surface area (TPSA) is 38.0 Å². The van der Waals surface area contributed by atoms with Gasteiger partial charge in [-0.2, -0.15) is 5.10 Å². The molecule has 0 amide bonds. The molecule has 0 aliphatic carbocycles. The number of aliphatic hydroxyl groups excluding tert-OH is 1. The van der Waals surface area contributed by atoms with Crippen LogP contribution in [-0.2, 0) is 12.8 Å². The van der Waals surface area contributed by atoms with Crippen LogP contribution in [0.2, 0.25) is 0 Å². The zero-order valence-corrected chi connectivity index (χ0v) is 13.3. The van der Waals surface area contributed by atoms with E-state index in [-0.39, 0.29) is 6.10 Å². The van der Waals surface area contributed by atoms with E-state index in [4.69, 9.17) is 0 Å². The van der Waals surface area contributed by atoms with Crippen LogP contribution >= 0.6 is 0 Å². The fourth-order valence-corrected chi connectivity index (χ4v) is 2.78. The second-order valence-electron chi connectivity index (χ2n) is 5.81. The fraction of sp³-hybridized carbons (Fsp3) is 0.500. The first kappa shape index (κ1) is 15.8. The van der Waals surface area contributed by atoms with Crippen molar-refractivity contribution in [1.82, 2.24) is 9.78 Å². The molecule has 0 saturated carbocycles. The van der Waals surface area contributed by atoms with Crippen molar-refractivity contribution in [3.8, 4) is 0 Å². The van der Waals surface area contributed by atoms with Gasteiger partial charge in [-0.3, -0.25) is 4.68 Å². The molecule has 0 aliphatic heterocycles. The van der Waals surface area contributed by atoms with Gasteiger partial charge in [-0.15, -0.1) is 0 Å². The highest BCUT2D eigenvalue weighted by Gasteiger charge is 2.12. The molecule has 1 unspecified atom stereocenters. The summed E-state index contributed by atoms with van der Waals surface area (Å²) in [7, 11) is 0. The van der Waals surface area contributed by atoms with E-state index >= 15 is 0 Å². The van der Waals surface area contributed by atoms with Crippen molar-refractivity contribution in [3.63, 3.8) is 0 Å². The van der Waals surface area contributed by atoms with Crippen LogP contribution in [0.3, 0.4) is 0 Å². The lowest BCUT2D eigenvalue weighted by Crippen LogP contribution is -2.15. The van der Waals surface area contributed by atoms with Gasteiger partial charge in [-0.05, 0) is 37.8 Å². The molecule has 114 valence electrons. The maximum Gasteiger partial charge on any atom is 0.0650 e. The highest BCUT2D eigenvalue weighted by Crippen LogP contribution is 2.16. The first-order chi connectivity index (χ1) is 10.1. The minimum atomic E-state index is -0.378. The number of aliphatic hydroxyl groups is 1. The molecule has 2 rings (SSSR count). The third-order valence-electron chi connectivity index (χ3n) is 3.98. The average molecular weight is 286 g/mol. The van der Waals surface area contributed by atoms with Crippen LogP contribution in [0.5, 0.6) is 0 Å². The zero-order chi connectivity index (χ0) is 15.2. The molecular weight excluding hydrogens is 260 g/mol. The predicted molar refractivity (Wildman–Crippen MR) is 86.4 cm³/mol. The van der Waals surface area contributed by atoms with Crippen LogP contribution in [0.15, 0.2) is 36.5 Å². The van der Waals surface area contributed by atoms with Gasteiger partial charge in [0.1, 0.15) is 0 Å². The van der Waals surface area contributed by atoms with Crippen LogP contribution in [-0.4, -0.2) is 21.0 Å². The van der Waals surface area contributed by atoms with Crippen molar-refractivity contribution in [1.29, 1.82) is 0 Å². The fourth-order valence-electron chi connectivity index (χ4n) is 2.78. The summed E-state index contributed by atoms with van der Waals surface area (Å²) in [4.78, 5) is 0. The molecule has 1 heterocycles. The second kappa shape index (κ2) is 7.41. The van der Waals surface area contributed by atoms with Gasteiger partial charge in [-0.25, -0.2) is 0 Å². The molecule has 1 aromatic carbocycles. The minimum Gasteiger partial charge on any atom is -0.392 e. The second-order valence-corrected chi connectivity index (χ2v) is 5.81. The van der Waals surface area contributed by atoms with E-state index in [1.807, 2.05) is 23.0 Å². The van der Waals surface area contributed by atoms with Gasteiger partial charge in [0.2, 0.25) is 0 Å². The third-order valence-corrected chi connectivity index (χ3v) is 3.98. The minimum absolute atomic E-state index is 0.378. The van der Waals surface area contributed by atoms with Crippen molar-refractivity contribution in [2.24, 2.45) is 0 Å². The van der Waals surface area contributed by atoms with Crippen molar-refractivity contribution in [2.45, 2.75) is 58.6 Å². The van der Waals surface area contributed by atoms with Crippen LogP contribution in [0.25, 0.3) is 0 Å². The Morgan fingerprint density at radius 1 is 1.14 bits per heavy atom. The molecule has 0 spiro atoms. The summed E-state index contributed by atoms with van der Waals surface area (Å²) >= 11 is 0. The standard InChI is InChI=1S/C18H26N2O/c1-4-17(5-2)20-10-9-16(19-20)13-18(21)12-15-8-6-7-14(3)11-15/h6-11,17-18,21H,4-5,12-13H2,1-3H3. The summed E-state index contributed by atoms with van der Waals surface area (Å²) < 4.78 is 2.04. The quantitative estimate of drug-likeness (QED) is 0.843. The normalized spacial score (nSPS) is 12.8. The smallest absolute Gasteiger partial charge is 0.0650 e. The largest absolute Gasteiger partial charge is 0.392 e. The molecule has 0 bridgehead atoms.